The molecule has 0 bridgehead atoms. The summed E-state index contributed by atoms with van der Waals surface area (Å²) >= 11 is 0. The molecule has 0 heterocycles. The van der Waals surface area contributed by atoms with Crippen molar-refractivity contribution >= 4 is 17.9 Å². The van der Waals surface area contributed by atoms with Gasteiger partial charge in [-0.25, -0.2) is 4.79 Å². The molecule has 0 aliphatic heterocycles. The zero-order valence-corrected chi connectivity index (χ0v) is 18.0. The van der Waals surface area contributed by atoms with E-state index in [-0.39, 0.29) is 5.57 Å². The lowest BCUT2D eigenvalue weighted by Crippen LogP contribution is -2.04. The van der Waals surface area contributed by atoms with E-state index in [0.717, 1.165) is 12.8 Å². The third kappa shape index (κ3) is 28.2. The van der Waals surface area contributed by atoms with E-state index in [1.54, 1.807) is 0 Å². The first kappa shape index (κ1) is 29.1. The molecular weight excluding hydrogens is 372 g/mol. The molecule has 0 amide bonds. The first-order chi connectivity index (χ1) is 13.8. The maximum absolute atomic E-state index is 10.3. The summed E-state index contributed by atoms with van der Waals surface area (Å²) in [6.07, 6.45) is 20.7. The number of carboxylic acid groups (broad SMARTS) is 3. The second-order valence-electron chi connectivity index (χ2n) is 7.21. The molecule has 0 aromatic rings. The van der Waals surface area contributed by atoms with Crippen LogP contribution in [-0.2, 0) is 14.4 Å². The number of allylic oxidation sites excluding steroid dienone is 2. The first-order valence-electron chi connectivity index (χ1n) is 10.8. The van der Waals surface area contributed by atoms with Crippen molar-refractivity contribution in [1.82, 2.24) is 0 Å². The molecule has 0 fully saturated rings. The molecule has 0 aliphatic rings. The molecule has 0 spiro atoms. The van der Waals surface area contributed by atoms with Gasteiger partial charge in [0, 0.05) is 12.0 Å². The van der Waals surface area contributed by atoms with Gasteiger partial charge < -0.3 is 15.3 Å². The van der Waals surface area contributed by atoms with Crippen molar-refractivity contribution in [2.45, 2.75) is 103 Å². The van der Waals surface area contributed by atoms with Gasteiger partial charge in [-0.1, -0.05) is 77.0 Å². The van der Waals surface area contributed by atoms with Gasteiger partial charge in [0.1, 0.15) is 0 Å². The summed E-state index contributed by atoms with van der Waals surface area (Å²) in [6, 6.07) is 0. The Labute approximate surface area is 175 Å². The third-order valence-electron chi connectivity index (χ3n) is 4.32. The maximum atomic E-state index is 10.3. The molecule has 0 radical (unpaired) electrons. The number of hydrogen-bond donors (Lipinski definition) is 3. The highest BCUT2D eigenvalue weighted by Gasteiger charge is 2.07. The van der Waals surface area contributed by atoms with Crippen LogP contribution in [0.1, 0.15) is 103 Å². The average Bonchev–Trinajstić information content (AvgIpc) is 2.64. The second-order valence-corrected chi connectivity index (χ2v) is 7.21. The van der Waals surface area contributed by atoms with Crippen LogP contribution in [0.3, 0.4) is 0 Å². The van der Waals surface area contributed by atoms with Crippen LogP contribution in [0.5, 0.6) is 0 Å². The first-order valence-corrected chi connectivity index (χ1v) is 10.8. The fourth-order valence-electron chi connectivity index (χ4n) is 2.61. The molecule has 0 atom stereocenters. The van der Waals surface area contributed by atoms with Crippen molar-refractivity contribution in [3.05, 3.63) is 24.3 Å². The van der Waals surface area contributed by atoms with E-state index in [1.807, 2.05) is 0 Å². The summed E-state index contributed by atoms with van der Waals surface area (Å²) in [5, 5.41) is 24.6. The standard InChI is InChI=1S/C18H34O2.C5H6O4/c1-2-3-4-5-6-7-8-9-10-11-12-13-14-15-16-17-18(19)20;1-3(5(8)9)2-4(6)7/h9-10H,2-8,11-17H2,1H3,(H,19,20);1-2H2,(H,6,7)(H,8,9)/b10-9-;. The summed E-state index contributed by atoms with van der Waals surface area (Å²) in [5.74, 6) is -3.11. The lowest BCUT2D eigenvalue weighted by molar-refractivity contribution is -0.139. The molecule has 6 nitrogen and oxygen atoms in total. The van der Waals surface area contributed by atoms with Gasteiger partial charge in [-0.2, -0.15) is 0 Å². The monoisotopic (exact) mass is 412 g/mol. The van der Waals surface area contributed by atoms with Crippen molar-refractivity contribution in [2.24, 2.45) is 0 Å². The summed E-state index contributed by atoms with van der Waals surface area (Å²) in [4.78, 5) is 30.0. The summed E-state index contributed by atoms with van der Waals surface area (Å²) in [5.41, 5.74) is -0.303. The Balaban J connectivity index is 0. The minimum atomic E-state index is -1.27. The van der Waals surface area contributed by atoms with E-state index < -0.39 is 24.3 Å². The van der Waals surface area contributed by atoms with E-state index in [4.69, 9.17) is 15.3 Å². The lowest BCUT2D eigenvalue weighted by atomic mass is 10.1. The Morgan fingerprint density at radius 2 is 1.14 bits per heavy atom. The van der Waals surface area contributed by atoms with Crippen LogP contribution >= 0.6 is 0 Å². The third-order valence-corrected chi connectivity index (χ3v) is 4.32. The zero-order chi connectivity index (χ0) is 22.3. The van der Waals surface area contributed by atoms with Gasteiger partial charge in [0.2, 0.25) is 0 Å². The van der Waals surface area contributed by atoms with Crippen LogP contribution in [0.2, 0.25) is 0 Å². The van der Waals surface area contributed by atoms with Gasteiger partial charge in [-0.3, -0.25) is 9.59 Å². The van der Waals surface area contributed by atoms with Crippen molar-refractivity contribution in [1.29, 1.82) is 0 Å². The molecule has 0 aromatic heterocycles. The van der Waals surface area contributed by atoms with Crippen molar-refractivity contribution in [3.8, 4) is 0 Å². The van der Waals surface area contributed by atoms with Gasteiger partial charge in [0.15, 0.2) is 0 Å². The number of rotatable bonds is 18. The van der Waals surface area contributed by atoms with Crippen LogP contribution < -0.4 is 0 Å². The van der Waals surface area contributed by atoms with Crippen molar-refractivity contribution < 1.29 is 29.7 Å². The fourth-order valence-corrected chi connectivity index (χ4v) is 2.61. The molecule has 0 aromatic carbocycles. The summed E-state index contributed by atoms with van der Waals surface area (Å²) in [7, 11) is 0. The Kier molecular flexibility index (Phi) is 22.3. The zero-order valence-electron chi connectivity index (χ0n) is 18.0. The fraction of sp³-hybridized carbons (Fsp3) is 0.696. The number of carbonyl (C=O) groups is 3. The normalized spacial score (nSPS) is 10.4. The molecule has 0 aliphatic carbocycles. The molecule has 3 N–H and O–H groups in total. The smallest absolute Gasteiger partial charge is 0.331 e. The Hall–Kier alpha value is -2.11. The van der Waals surface area contributed by atoms with Crippen LogP contribution in [0, 0.1) is 0 Å². The van der Waals surface area contributed by atoms with E-state index in [0.29, 0.717) is 6.42 Å². The molecule has 0 rings (SSSR count). The predicted octanol–water partition coefficient (Wildman–Crippen LogP) is 6.21. The van der Waals surface area contributed by atoms with Gasteiger partial charge in [-0.05, 0) is 32.1 Å². The highest BCUT2D eigenvalue weighted by Crippen LogP contribution is 2.09. The minimum Gasteiger partial charge on any atom is -0.481 e. The highest BCUT2D eigenvalue weighted by atomic mass is 16.4. The average molecular weight is 413 g/mol. The van der Waals surface area contributed by atoms with Crippen LogP contribution in [-0.4, -0.2) is 33.2 Å². The molecule has 0 saturated carbocycles. The number of aliphatic carboxylic acids is 3. The van der Waals surface area contributed by atoms with Crippen molar-refractivity contribution in [2.75, 3.05) is 0 Å². The van der Waals surface area contributed by atoms with E-state index in [2.05, 4.69) is 25.7 Å². The minimum absolute atomic E-state index is 0.303. The van der Waals surface area contributed by atoms with E-state index >= 15 is 0 Å². The molecule has 0 saturated heterocycles. The second kappa shape index (κ2) is 22.2. The van der Waals surface area contributed by atoms with Gasteiger partial charge in [-0.15, -0.1) is 0 Å². The summed E-state index contributed by atoms with van der Waals surface area (Å²) < 4.78 is 0. The van der Waals surface area contributed by atoms with Gasteiger partial charge >= 0.3 is 17.9 Å². The maximum Gasteiger partial charge on any atom is 0.331 e. The van der Waals surface area contributed by atoms with Gasteiger partial charge in [0.05, 0.1) is 6.42 Å². The van der Waals surface area contributed by atoms with Crippen LogP contribution in [0.25, 0.3) is 0 Å². The lowest BCUT2D eigenvalue weighted by Gasteiger charge is -1.99. The summed E-state index contributed by atoms with van der Waals surface area (Å²) in [6.45, 7) is 5.27. The van der Waals surface area contributed by atoms with Crippen LogP contribution in [0.15, 0.2) is 24.3 Å². The molecular formula is C23H40O6. The molecule has 29 heavy (non-hydrogen) atoms. The Morgan fingerprint density at radius 1 is 0.690 bits per heavy atom. The molecule has 0 unspecified atom stereocenters. The largest absolute Gasteiger partial charge is 0.481 e. The topological polar surface area (TPSA) is 112 Å². The predicted molar refractivity (Wildman–Crippen MR) is 116 cm³/mol. The molecule has 6 heteroatoms. The highest BCUT2D eigenvalue weighted by molar-refractivity contribution is 5.91. The van der Waals surface area contributed by atoms with Gasteiger partial charge in [0.25, 0.3) is 0 Å². The van der Waals surface area contributed by atoms with Crippen molar-refractivity contribution in [3.63, 3.8) is 0 Å². The Bertz CT molecular complexity index is 482. The SMILES string of the molecule is C=C(CC(=O)O)C(=O)O.CCCCCCCC/C=C\CCCCCCCC(=O)O. The number of unbranched alkanes of at least 4 members (excludes halogenated alkanes) is 11. The quantitative estimate of drug-likeness (QED) is 0.140. The number of carboxylic acids is 3. The van der Waals surface area contributed by atoms with Crippen LogP contribution in [0.4, 0.5) is 0 Å². The molecule has 168 valence electrons. The Morgan fingerprint density at radius 3 is 1.52 bits per heavy atom. The van der Waals surface area contributed by atoms with E-state index in [1.165, 1.54) is 70.6 Å². The number of hydrogen-bond acceptors (Lipinski definition) is 3. The van der Waals surface area contributed by atoms with E-state index in [9.17, 15) is 14.4 Å².